The molecule has 2 nitrogen and oxygen atoms in total. The van der Waals surface area contributed by atoms with E-state index >= 15 is 0 Å². The number of hydrogen-bond donors (Lipinski definition) is 1. The van der Waals surface area contributed by atoms with Gasteiger partial charge in [0.1, 0.15) is 6.73 Å². The van der Waals surface area contributed by atoms with Gasteiger partial charge in [-0.15, -0.1) is 0 Å². The standard InChI is InChI=1S/C9H12NO/c1-11-8-10-7-9-5-3-2-4-6-9/h2-6,8,10H,7H2,1H3. The van der Waals surface area contributed by atoms with E-state index in [1.165, 1.54) is 5.56 Å². The monoisotopic (exact) mass is 150 g/mol. The van der Waals surface area contributed by atoms with E-state index in [1.807, 2.05) is 18.2 Å². The lowest BCUT2D eigenvalue weighted by Gasteiger charge is -2.00. The highest BCUT2D eigenvalue weighted by Crippen LogP contribution is 1.96. The van der Waals surface area contributed by atoms with Crippen LogP contribution in [0.3, 0.4) is 0 Å². The van der Waals surface area contributed by atoms with E-state index < -0.39 is 0 Å². The lowest BCUT2D eigenvalue weighted by Crippen LogP contribution is -2.09. The molecule has 1 radical (unpaired) electrons. The first-order valence-electron chi connectivity index (χ1n) is 3.55. The first kappa shape index (κ1) is 8.24. The van der Waals surface area contributed by atoms with Crippen molar-refractivity contribution in [2.24, 2.45) is 0 Å². The maximum Gasteiger partial charge on any atom is 0.147 e. The Bertz CT molecular complexity index is 186. The van der Waals surface area contributed by atoms with Crippen molar-refractivity contribution in [3.05, 3.63) is 42.6 Å². The number of hydrogen-bond acceptors (Lipinski definition) is 2. The molecule has 0 aliphatic carbocycles. The maximum atomic E-state index is 4.73. The number of rotatable bonds is 4. The van der Waals surface area contributed by atoms with Crippen LogP contribution in [0.1, 0.15) is 5.56 Å². The third-order valence-electron chi connectivity index (χ3n) is 1.35. The maximum absolute atomic E-state index is 4.73. The summed E-state index contributed by atoms with van der Waals surface area (Å²) < 4.78 is 4.73. The summed E-state index contributed by atoms with van der Waals surface area (Å²) in [5, 5.41) is 3.00. The molecule has 1 rings (SSSR count). The molecule has 0 bridgehead atoms. The summed E-state index contributed by atoms with van der Waals surface area (Å²) in [6.07, 6.45) is 0. The van der Waals surface area contributed by atoms with Crippen LogP contribution in [0.25, 0.3) is 0 Å². The van der Waals surface area contributed by atoms with Crippen molar-refractivity contribution < 1.29 is 4.74 Å². The normalized spacial score (nSPS) is 9.91. The van der Waals surface area contributed by atoms with Gasteiger partial charge >= 0.3 is 0 Å². The van der Waals surface area contributed by atoms with Crippen LogP contribution in [0, 0.1) is 6.73 Å². The van der Waals surface area contributed by atoms with Crippen LogP contribution in [0.4, 0.5) is 0 Å². The molecule has 0 amide bonds. The zero-order valence-corrected chi connectivity index (χ0v) is 6.58. The van der Waals surface area contributed by atoms with Gasteiger partial charge in [-0.25, -0.2) is 0 Å². The van der Waals surface area contributed by atoms with Crippen molar-refractivity contribution in [3.8, 4) is 0 Å². The summed E-state index contributed by atoms with van der Waals surface area (Å²) in [7, 11) is 1.62. The zero-order valence-electron chi connectivity index (χ0n) is 6.58. The van der Waals surface area contributed by atoms with Gasteiger partial charge in [-0.1, -0.05) is 30.3 Å². The van der Waals surface area contributed by atoms with E-state index in [-0.39, 0.29) is 0 Å². The average Bonchev–Trinajstić information content (AvgIpc) is 2.07. The van der Waals surface area contributed by atoms with Gasteiger partial charge in [0.15, 0.2) is 0 Å². The molecule has 0 heterocycles. The highest BCUT2D eigenvalue weighted by molar-refractivity contribution is 5.14. The van der Waals surface area contributed by atoms with Crippen LogP contribution >= 0.6 is 0 Å². The second-order valence-electron chi connectivity index (χ2n) is 2.22. The summed E-state index contributed by atoms with van der Waals surface area (Å²) in [5.41, 5.74) is 1.25. The summed E-state index contributed by atoms with van der Waals surface area (Å²) >= 11 is 0. The minimum absolute atomic E-state index is 0.814. The third-order valence-corrected chi connectivity index (χ3v) is 1.35. The molecule has 0 aromatic heterocycles. The molecule has 0 saturated heterocycles. The Labute approximate surface area is 67.2 Å². The molecule has 0 atom stereocenters. The molecule has 59 valence electrons. The van der Waals surface area contributed by atoms with E-state index in [0.29, 0.717) is 0 Å². The van der Waals surface area contributed by atoms with Gasteiger partial charge in [0.25, 0.3) is 0 Å². The lowest BCUT2D eigenvalue weighted by molar-refractivity contribution is 0.248. The molecular weight excluding hydrogens is 138 g/mol. The third kappa shape index (κ3) is 3.16. The van der Waals surface area contributed by atoms with Crippen molar-refractivity contribution in [1.29, 1.82) is 0 Å². The van der Waals surface area contributed by atoms with Gasteiger partial charge < -0.3 is 4.74 Å². The van der Waals surface area contributed by atoms with E-state index in [4.69, 9.17) is 4.74 Å². The van der Waals surface area contributed by atoms with Gasteiger partial charge in [0, 0.05) is 13.7 Å². The van der Waals surface area contributed by atoms with E-state index in [0.717, 1.165) is 6.54 Å². The Morgan fingerprint density at radius 1 is 1.36 bits per heavy atom. The zero-order chi connectivity index (χ0) is 7.94. The summed E-state index contributed by atoms with van der Waals surface area (Å²) in [6, 6.07) is 10.2. The van der Waals surface area contributed by atoms with Crippen LogP contribution in [-0.4, -0.2) is 7.11 Å². The molecule has 1 N–H and O–H groups in total. The van der Waals surface area contributed by atoms with Gasteiger partial charge in [-0.2, -0.15) is 0 Å². The Balaban J connectivity index is 2.28. The number of ether oxygens (including phenoxy) is 1. The first-order chi connectivity index (χ1) is 5.43. The number of methoxy groups -OCH3 is 1. The smallest absolute Gasteiger partial charge is 0.147 e. The quantitative estimate of drug-likeness (QED) is 0.657. The Morgan fingerprint density at radius 3 is 2.73 bits per heavy atom. The van der Waals surface area contributed by atoms with Crippen LogP contribution < -0.4 is 5.32 Å². The highest BCUT2D eigenvalue weighted by Gasteiger charge is 1.88. The molecule has 1 aromatic rings. The van der Waals surface area contributed by atoms with Crippen LogP contribution in [-0.2, 0) is 11.3 Å². The lowest BCUT2D eigenvalue weighted by atomic mass is 10.2. The minimum Gasteiger partial charge on any atom is -0.362 e. The van der Waals surface area contributed by atoms with Crippen LogP contribution in [0.15, 0.2) is 30.3 Å². The fraction of sp³-hybridized carbons (Fsp3) is 0.222. The predicted molar refractivity (Wildman–Crippen MR) is 44.6 cm³/mol. The average molecular weight is 150 g/mol. The molecule has 1 aromatic carbocycles. The Hall–Kier alpha value is -0.860. The van der Waals surface area contributed by atoms with Gasteiger partial charge in [-0.05, 0) is 5.56 Å². The number of nitrogens with one attached hydrogen (secondary N) is 1. The predicted octanol–water partition coefficient (Wildman–Crippen LogP) is 1.54. The van der Waals surface area contributed by atoms with Crippen molar-refractivity contribution in [2.45, 2.75) is 6.54 Å². The summed E-state index contributed by atoms with van der Waals surface area (Å²) in [4.78, 5) is 0. The molecule has 0 unspecified atom stereocenters. The Kier molecular flexibility index (Phi) is 3.65. The van der Waals surface area contributed by atoms with Crippen LogP contribution in [0.5, 0.6) is 0 Å². The molecule has 0 saturated carbocycles. The van der Waals surface area contributed by atoms with Gasteiger partial charge in [0.2, 0.25) is 0 Å². The largest absolute Gasteiger partial charge is 0.362 e. The van der Waals surface area contributed by atoms with E-state index in [1.54, 1.807) is 13.8 Å². The second-order valence-corrected chi connectivity index (χ2v) is 2.22. The topological polar surface area (TPSA) is 21.3 Å². The summed E-state index contributed by atoms with van der Waals surface area (Å²) in [5.74, 6) is 0. The molecule has 0 aliphatic heterocycles. The van der Waals surface area contributed by atoms with Crippen molar-refractivity contribution in [1.82, 2.24) is 5.32 Å². The van der Waals surface area contributed by atoms with Gasteiger partial charge in [-0.3, -0.25) is 5.32 Å². The van der Waals surface area contributed by atoms with Gasteiger partial charge in [0.05, 0.1) is 0 Å². The highest BCUT2D eigenvalue weighted by atomic mass is 16.5. The summed E-state index contributed by atoms with van der Waals surface area (Å²) in [6.45, 7) is 2.39. The fourth-order valence-corrected chi connectivity index (χ4v) is 0.839. The Morgan fingerprint density at radius 2 is 2.09 bits per heavy atom. The minimum atomic E-state index is 0.814. The molecule has 0 spiro atoms. The molecule has 0 aliphatic rings. The molecular formula is C9H12NO. The van der Waals surface area contributed by atoms with Crippen molar-refractivity contribution in [3.63, 3.8) is 0 Å². The van der Waals surface area contributed by atoms with Crippen molar-refractivity contribution >= 4 is 0 Å². The number of benzene rings is 1. The first-order valence-corrected chi connectivity index (χ1v) is 3.55. The molecule has 0 fully saturated rings. The second kappa shape index (κ2) is 4.88. The molecule has 11 heavy (non-hydrogen) atoms. The van der Waals surface area contributed by atoms with E-state index in [9.17, 15) is 0 Å². The van der Waals surface area contributed by atoms with E-state index in [2.05, 4.69) is 17.4 Å². The SMILES string of the molecule is CO[CH]NCc1ccccc1. The van der Waals surface area contributed by atoms with Crippen LogP contribution in [0.2, 0.25) is 0 Å². The molecule has 2 heteroatoms. The van der Waals surface area contributed by atoms with Crippen molar-refractivity contribution in [2.75, 3.05) is 7.11 Å². The fourth-order valence-electron chi connectivity index (χ4n) is 0.839.